The smallest absolute Gasteiger partial charge is 0.269 e. The van der Waals surface area contributed by atoms with E-state index in [1.165, 1.54) is 24.1 Å². The summed E-state index contributed by atoms with van der Waals surface area (Å²) in [5, 5.41) is 16.4. The molecule has 0 saturated carbocycles. The lowest BCUT2D eigenvalue weighted by atomic mass is 10.1. The molecule has 2 aromatic heterocycles. The summed E-state index contributed by atoms with van der Waals surface area (Å²) >= 11 is 0. The highest BCUT2D eigenvalue weighted by molar-refractivity contribution is 5.96. The second-order valence-corrected chi connectivity index (χ2v) is 6.06. The predicted octanol–water partition coefficient (Wildman–Crippen LogP) is 2.79. The summed E-state index contributed by atoms with van der Waals surface area (Å²) < 4.78 is 7.82. The van der Waals surface area contributed by atoms with Crippen LogP contribution >= 0.6 is 0 Å². The monoisotopic (exact) mass is 365 g/mol. The normalized spacial score (nSPS) is 16.3. The molecule has 0 radical (unpaired) electrons. The number of amides is 1. The van der Waals surface area contributed by atoms with Crippen molar-refractivity contribution in [2.45, 2.75) is 20.1 Å². The van der Waals surface area contributed by atoms with Gasteiger partial charge in [0.1, 0.15) is 11.3 Å². The number of fused-ring (bicyclic) bond motifs is 1. The summed E-state index contributed by atoms with van der Waals surface area (Å²) in [6.07, 6.45) is 1.04. The van der Waals surface area contributed by atoms with E-state index in [-0.39, 0.29) is 17.5 Å². The maximum absolute atomic E-state index is 12.1. The van der Waals surface area contributed by atoms with Gasteiger partial charge in [-0.15, -0.1) is 5.10 Å². The topological polar surface area (TPSA) is 102 Å². The first-order valence-corrected chi connectivity index (χ1v) is 8.19. The Labute approximate surface area is 153 Å². The van der Waals surface area contributed by atoms with Gasteiger partial charge in [-0.2, -0.15) is 5.01 Å². The summed E-state index contributed by atoms with van der Waals surface area (Å²) in [5.74, 6) is -0.0374. The minimum Gasteiger partial charge on any atom is -0.445 e. The van der Waals surface area contributed by atoms with E-state index in [9.17, 15) is 14.9 Å². The third-order valence-corrected chi connectivity index (χ3v) is 4.26. The van der Waals surface area contributed by atoms with Crippen molar-refractivity contribution in [2.24, 2.45) is 5.10 Å². The zero-order chi connectivity index (χ0) is 19.1. The van der Waals surface area contributed by atoms with Crippen LogP contribution in [0.15, 0.2) is 53.8 Å². The van der Waals surface area contributed by atoms with E-state index in [4.69, 9.17) is 4.74 Å². The van der Waals surface area contributed by atoms with E-state index in [2.05, 4.69) is 10.1 Å². The second-order valence-electron chi connectivity index (χ2n) is 6.06. The number of aryl methyl sites for hydroxylation is 1. The Morgan fingerprint density at radius 1 is 1.22 bits per heavy atom. The number of pyridine rings is 1. The lowest BCUT2D eigenvalue weighted by Crippen LogP contribution is -2.25. The number of rotatable bonds is 3. The lowest BCUT2D eigenvalue weighted by Gasteiger charge is -2.19. The SMILES string of the molecule is CC(=O)N1N=C(c2c(C)nc3ccccn23)OC1c1ccc([N+](=O)[O-])cc1. The van der Waals surface area contributed by atoms with Gasteiger partial charge in [0.05, 0.1) is 10.6 Å². The minimum atomic E-state index is -0.799. The van der Waals surface area contributed by atoms with E-state index >= 15 is 0 Å². The number of imidazole rings is 1. The van der Waals surface area contributed by atoms with Crippen molar-refractivity contribution in [3.63, 3.8) is 0 Å². The molecule has 136 valence electrons. The number of nitrogens with zero attached hydrogens (tertiary/aromatic N) is 5. The molecule has 3 aromatic rings. The van der Waals surface area contributed by atoms with Crippen molar-refractivity contribution in [3.05, 3.63) is 75.7 Å². The van der Waals surface area contributed by atoms with E-state index < -0.39 is 11.2 Å². The number of hydrazone groups is 1. The van der Waals surface area contributed by atoms with E-state index in [1.807, 2.05) is 35.7 Å². The zero-order valence-electron chi connectivity index (χ0n) is 14.6. The first kappa shape index (κ1) is 16.7. The molecule has 9 nitrogen and oxygen atoms in total. The maximum atomic E-state index is 12.1. The third kappa shape index (κ3) is 2.78. The molecular formula is C18H15N5O4. The fourth-order valence-electron chi connectivity index (χ4n) is 3.01. The number of hydrogen-bond donors (Lipinski definition) is 0. The molecule has 1 aromatic carbocycles. The van der Waals surface area contributed by atoms with Gasteiger partial charge in [-0.25, -0.2) is 4.98 Å². The molecule has 0 bridgehead atoms. The second kappa shape index (κ2) is 6.20. The third-order valence-electron chi connectivity index (χ3n) is 4.26. The minimum absolute atomic E-state index is 0.0371. The van der Waals surface area contributed by atoms with Crippen LogP contribution in [0.5, 0.6) is 0 Å². The van der Waals surface area contributed by atoms with Crippen molar-refractivity contribution in [1.29, 1.82) is 0 Å². The largest absolute Gasteiger partial charge is 0.445 e. The number of nitro groups is 1. The van der Waals surface area contributed by atoms with E-state index in [0.717, 1.165) is 5.65 Å². The molecule has 3 heterocycles. The van der Waals surface area contributed by atoms with Gasteiger partial charge in [-0.05, 0) is 31.2 Å². The van der Waals surface area contributed by atoms with Crippen LogP contribution in [0.3, 0.4) is 0 Å². The maximum Gasteiger partial charge on any atom is 0.269 e. The Morgan fingerprint density at radius 2 is 1.96 bits per heavy atom. The fraction of sp³-hybridized carbons (Fsp3) is 0.167. The molecule has 1 amide bonds. The molecule has 1 atom stereocenters. The van der Waals surface area contributed by atoms with Crippen LogP contribution in [0.25, 0.3) is 5.65 Å². The summed E-state index contributed by atoms with van der Waals surface area (Å²) in [6, 6.07) is 11.5. The highest BCUT2D eigenvalue weighted by atomic mass is 16.6. The van der Waals surface area contributed by atoms with Gasteiger partial charge >= 0.3 is 0 Å². The van der Waals surface area contributed by atoms with E-state index in [0.29, 0.717) is 17.0 Å². The number of carbonyl (C=O) groups is 1. The van der Waals surface area contributed by atoms with Crippen molar-refractivity contribution in [2.75, 3.05) is 0 Å². The lowest BCUT2D eigenvalue weighted by molar-refractivity contribution is -0.384. The first-order valence-electron chi connectivity index (χ1n) is 8.19. The number of ether oxygens (including phenoxy) is 1. The van der Waals surface area contributed by atoms with Gasteiger partial charge in [0.15, 0.2) is 0 Å². The quantitative estimate of drug-likeness (QED) is 0.524. The summed E-state index contributed by atoms with van der Waals surface area (Å²) in [5.41, 5.74) is 2.66. The van der Waals surface area contributed by atoms with Gasteiger partial charge in [0.2, 0.25) is 12.1 Å². The summed E-state index contributed by atoms with van der Waals surface area (Å²) in [6.45, 7) is 3.22. The van der Waals surface area contributed by atoms with Crippen LogP contribution < -0.4 is 0 Å². The Morgan fingerprint density at radius 3 is 2.63 bits per heavy atom. The molecule has 1 aliphatic heterocycles. The molecule has 4 rings (SSSR count). The molecule has 0 aliphatic carbocycles. The number of hydrogen-bond acceptors (Lipinski definition) is 6. The van der Waals surface area contributed by atoms with Crippen molar-refractivity contribution < 1.29 is 14.5 Å². The van der Waals surface area contributed by atoms with Gasteiger partial charge in [-0.1, -0.05) is 6.07 Å². The first-order chi connectivity index (χ1) is 13.0. The zero-order valence-corrected chi connectivity index (χ0v) is 14.6. The van der Waals surface area contributed by atoms with Crippen molar-refractivity contribution in [1.82, 2.24) is 14.4 Å². The van der Waals surface area contributed by atoms with Gasteiger partial charge in [0, 0.05) is 30.8 Å². The summed E-state index contributed by atoms with van der Waals surface area (Å²) in [4.78, 5) is 26.9. The molecule has 27 heavy (non-hydrogen) atoms. The van der Waals surface area contributed by atoms with Crippen LogP contribution in [0.1, 0.15) is 30.1 Å². The van der Waals surface area contributed by atoms with Crippen LogP contribution in [0.2, 0.25) is 0 Å². The number of carbonyl (C=O) groups excluding carboxylic acids is 1. The average Bonchev–Trinajstić information content (AvgIpc) is 3.22. The van der Waals surface area contributed by atoms with Crippen LogP contribution in [0.4, 0.5) is 5.69 Å². The number of benzene rings is 1. The highest BCUT2D eigenvalue weighted by Crippen LogP contribution is 2.32. The van der Waals surface area contributed by atoms with Crippen LogP contribution in [-0.4, -0.2) is 31.1 Å². The fourth-order valence-corrected chi connectivity index (χ4v) is 3.01. The highest BCUT2D eigenvalue weighted by Gasteiger charge is 2.35. The summed E-state index contributed by atoms with van der Waals surface area (Å²) in [7, 11) is 0. The van der Waals surface area contributed by atoms with Crippen LogP contribution in [-0.2, 0) is 9.53 Å². The Bertz CT molecular complexity index is 1090. The molecule has 0 saturated heterocycles. The molecule has 0 spiro atoms. The number of aromatic nitrogens is 2. The molecule has 9 heteroatoms. The van der Waals surface area contributed by atoms with Gasteiger partial charge < -0.3 is 4.74 Å². The van der Waals surface area contributed by atoms with E-state index in [1.54, 1.807) is 12.1 Å². The number of nitro benzene ring substituents is 1. The average molecular weight is 365 g/mol. The number of non-ortho nitro benzene ring substituents is 1. The van der Waals surface area contributed by atoms with Gasteiger partial charge in [0.25, 0.3) is 11.6 Å². The van der Waals surface area contributed by atoms with Crippen LogP contribution in [0, 0.1) is 17.0 Å². The Kier molecular flexibility index (Phi) is 3.84. The van der Waals surface area contributed by atoms with Gasteiger partial charge in [-0.3, -0.25) is 19.3 Å². The molecule has 0 N–H and O–H groups in total. The van der Waals surface area contributed by atoms with Crippen molar-refractivity contribution in [3.8, 4) is 0 Å². The molecule has 1 aliphatic rings. The Hall–Kier alpha value is -3.75. The molecule has 1 unspecified atom stereocenters. The Balaban J connectivity index is 1.74. The predicted molar refractivity (Wildman–Crippen MR) is 95.9 cm³/mol. The standard InChI is InChI=1S/C18H15N5O4/c1-11-16(21-10-4-3-5-15(21)19-11)17-20-22(12(2)24)18(27-17)13-6-8-14(9-7-13)23(25)26/h3-10,18H,1-2H3. The molecular weight excluding hydrogens is 350 g/mol. The van der Waals surface area contributed by atoms with Crippen molar-refractivity contribution >= 4 is 23.1 Å². The molecule has 0 fully saturated rings.